The van der Waals surface area contributed by atoms with Crippen LogP contribution in [-0.4, -0.2) is 39.3 Å². The van der Waals surface area contributed by atoms with Crippen LogP contribution in [0, 0.1) is 11.7 Å². The van der Waals surface area contributed by atoms with Gasteiger partial charge in [-0.25, -0.2) is 4.39 Å². The maximum Gasteiger partial charge on any atom is 0.190 e. The Balaban J connectivity index is 1.66. The molecular formula is C15H22FN3O. The highest BCUT2D eigenvalue weighted by molar-refractivity contribution is 5.79. The molecule has 1 unspecified atom stereocenters. The highest BCUT2D eigenvalue weighted by Crippen LogP contribution is 2.10. The fourth-order valence-electron chi connectivity index (χ4n) is 2.18. The van der Waals surface area contributed by atoms with E-state index in [4.69, 9.17) is 4.74 Å². The molecule has 0 aromatic heterocycles. The largest absolute Gasteiger partial charge is 0.381 e. The molecule has 2 N–H and O–H groups in total. The third kappa shape index (κ3) is 4.81. The fourth-order valence-corrected chi connectivity index (χ4v) is 2.18. The fraction of sp³-hybridized carbons (Fsp3) is 0.533. The molecule has 4 nitrogen and oxygen atoms in total. The number of halogens is 1. The molecule has 0 amide bonds. The zero-order chi connectivity index (χ0) is 14.2. The lowest BCUT2D eigenvalue weighted by Gasteiger charge is -2.14. The monoisotopic (exact) mass is 279 g/mol. The van der Waals surface area contributed by atoms with E-state index in [9.17, 15) is 4.39 Å². The van der Waals surface area contributed by atoms with Gasteiger partial charge in [0.2, 0.25) is 0 Å². The predicted molar refractivity (Wildman–Crippen MR) is 78.4 cm³/mol. The summed E-state index contributed by atoms with van der Waals surface area (Å²) in [6, 6.07) is 6.59. The molecule has 1 atom stereocenters. The molecule has 0 aliphatic carbocycles. The van der Waals surface area contributed by atoms with Crippen molar-refractivity contribution < 1.29 is 9.13 Å². The summed E-state index contributed by atoms with van der Waals surface area (Å²) in [7, 11) is 1.76. The van der Waals surface area contributed by atoms with Gasteiger partial charge in [-0.3, -0.25) is 4.99 Å². The summed E-state index contributed by atoms with van der Waals surface area (Å²) >= 11 is 0. The van der Waals surface area contributed by atoms with Crippen LogP contribution in [0.5, 0.6) is 0 Å². The van der Waals surface area contributed by atoms with E-state index in [-0.39, 0.29) is 5.82 Å². The lowest BCUT2D eigenvalue weighted by atomic mass is 10.1. The molecule has 1 fully saturated rings. The van der Waals surface area contributed by atoms with Crippen molar-refractivity contribution in [3.63, 3.8) is 0 Å². The van der Waals surface area contributed by atoms with Gasteiger partial charge in [-0.05, 0) is 30.5 Å². The zero-order valence-corrected chi connectivity index (χ0v) is 11.9. The van der Waals surface area contributed by atoms with E-state index in [1.165, 1.54) is 12.1 Å². The van der Waals surface area contributed by atoms with Gasteiger partial charge in [-0.15, -0.1) is 0 Å². The number of aliphatic imine (C=N–C) groups is 1. The molecule has 0 saturated carbocycles. The number of ether oxygens (including phenoxy) is 1. The molecule has 2 rings (SSSR count). The van der Waals surface area contributed by atoms with Gasteiger partial charge in [0.1, 0.15) is 5.82 Å². The minimum Gasteiger partial charge on any atom is -0.381 e. The van der Waals surface area contributed by atoms with Gasteiger partial charge in [0, 0.05) is 32.7 Å². The van der Waals surface area contributed by atoms with E-state index in [1.54, 1.807) is 7.05 Å². The first-order valence-corrected chi connectivity index (χ1v) is 7.04. The number of benzene rings is 1. The third-order valence-electron chi connectivity index (χ3n) is 3.43. The van der Waals surface area contributed by atoms with Crippen molar-refractivity contribution >= 4 is 5.96 Å². The van der Waals surface area contributed by atoms with Crippen molar-refractivity contribution in [1.29, 1.82) is 0 Å². The number of hydrogen-bond donors (Lipinski definition) is 2. The van der Waals surface area contributed by atoms with Gasteiger partial charge in [-0.2, -0.15) is 0 Å². The van der Waals surface area contributed by atoms with E-state index in [0.717, 1.165) is 50.7 Å². The Morgan fingerprint density at radius 2 is 2.15 bits per heavy atom. The number of rotatable bonds is 5. The van der Waals surface area contributed by atoms with Crippen LogP contribution < -0.4 is 10.6 Å². The minimum absolute atomic E-state index is 0.196. The average molecular weight is 279 g/mol. The van der Waals surface area contributed by atoms with E-state index in [1.807, 2.05) is 12.1 Å². The number of hydrogen-bond acceptors (Lipinski definition) is 2. The molecule has 0 spiro atoms. The molecule has 110 valence electrons. The molecule has 0 radical (unpaired) electrons. The minimum atomic E-state index is -0.196. The standard InChI is InChI=1S/C15H22FN3O/c1-17-15(19-10-13-7-9-20-11-13)18-8-6-12-2-4-14(16)5-3-12/h2-5,13H,6-11H2,1H3,(H2,17,18,19). The molecule has 0 bridgehead atoms. The smallest absolute Gasteiger partial charge is 0.190 e. The maximum absolute atomic E-state index is 12.8. The summed E-state index contributed by atoms with van der Waals surface area (Å²) in [5, 5.41) is 6.57. The predicted octanol–water partition coefficient (Wildman–Crippen LogP) is 1.57. The van der Waals surface area contributed by atoms with Gasteiger partial charge in [-0.1, -0.05) is 12.1 Å². The highest BCUT2D eigenvalue weighted by Gasteiger charge is 2.15. The molecule has 1 aliphatic heterocycles. The van der Waals surface area contributed by atoms with Crippen LogP contribution in [0.3, 0.4) is 0 Å². The van der Waals surface area contributed by atoms with E-state index < -0.39 is 0 Å². The number of nitrogens with one attached hydrogen (secondary N) is 2. The molecule has 1 aliphatic rings. The third-order valence-corrected chi connectivity index (χ3v) is 3.43. The summed E-state index contributed by atoms with van der Waals surface area (Å²) < 4.78 is 18.1. The molecule has 5 heteroatoms. The Morgan fingerprint density at radius 1 is 1.35 bits per heavy atom. The van der Waals surface area contributed by atoms with Crippen molar-refractivity contribution in [1.82, 2.24) is 10.6 Å². The van der Waals surface area contributed by atoms with Crippen LogP contribution in [0.2, 0.25) is 0 Å². The van der Waals surface area contributed by atoms with Crippen LogP contribution in [0.25, 0.3) is 0 Å². The molecule has 20 heavy (non-hydrogen) atoms. The summed E-state index contributed by atoms with van der Waals surface area (Å²) in [5.74, 6) is 1.18. The second kappa shape index (κ2) is 7.85. The Morgan fingerprint density at radius 3 is 2.80 bits per heavy atom. The van der Waals surface area contributed by atoms with Gasteiger partial charge >= 0.3 is 0 Å². The normalized spacial score (nSPS) is 19.1. The van der Waals surface area contributed by atoms with Gasteiger partial charge < -0.3 is 15.4 Å². The van der Waals surface area contributed by atoms with Crippen LogP contribution in [0.15, 0.2) is 29.3 Å². The Kier molecular flexibility index (Phi) is 5.80. The number of guanidine groups is 1. The lowest BCUT2D eigenvalue weighted by Crippen LogP contribution is -2.40. The molecule has 1 aromatic carbocycles. The van der Waals surface area contributed by atoms with Crippen LogP contribution in [0.4, 0.5) is 4.39 Å². The molecule has 1 aromatic rings. The Bertz CT molecular complexity index is 427. The number of nitrogens with zero attached hydrogens (tertiary/aromatic N) is 1. The quantitative estimate of drug-likeness (QED) is 0.635. The van der Waals surface area contributed by atoms with Crippen molar-refractivity contribution in [2.45, 2.75) is 12.8 Å². The first kappa shape index (κ1) is 14.8. The SMILES string of the molecule is CN=C(NCCc1ccc(F)cc1)NCC1CCOC1. The summed E-state index contributed by atoms with van der Waals surface area (Å²) in [5.41, 5.74) is 1.11. The van der Waals surface area contributed by atoms with Crippen molar-refractivity contribution in [3.8, 4) is 0 Å². The molecule has 1 saturated heterocycles. The second-order valence-corrected chi connectivity index (χ2v) is 4.99. The van der Waals surface area contributed by atoms with Crippen LogP contribution >= 0.6 is 0 Å². The lowest BCUT2D eigenvalue weighted by molar-refractivity contribution is 0.186. The first-order chi connectivity index (χ1) is 9.78. The molecular weight excluding hydrogens is 257 g/mol. The van der Waals surface area contributed by atoms with Gasteiger partial charge in [0.25, 0.3) is 0 Å². The van der Waals surface area contributed by atoms with Crippen molar-refractivity contribution in [3.05, 3.63) is 35.6 Å². The zero-order valence-electron chi connectivity index (χ0n) is 11.9. The second-order valence-electron chi connectivity index (χ2n) is 4.99. The van der Waals surface area contributed by atoms with Crippen LogP contribution in [-0.2, 0) is 11.2 Å². The Hall–Kier alpha value is -1.62. The first-order valence-electron chi connectivity index (χ1n) is 7.04. The summed E-state index contributed by atoms with van der Waals surface area (Å²) in [6.07, 6.45) is 1.95. The Labute approximate surface area is 119 Å². The van der Waals surface area contributed by atoms with Crippen LogP contribution in [0.1, 0.15) is 12.0 Å². The highest BCUT2D eigenvalue weighted by atomic mass is 19.1. The topological polar surface area (TPSA) is 45.7 Å². The van der Waals surface area contributed by atoms with Gasteiger partial charge in [0.15, 0.2) is 5.96 Å². The molecule has 1 heterocycles. The average Bonchev–Trinajstić information content (AvgIpc) is 2.98. The van der Waals surface area contributed by atoms with Crippen molar-refractivity contribution in [2.24, 2.45) is 10.9 Å². The van der Waals surface area contributed by atoms with E-state index in [2.05, 4.69) is 15.6 Å². The maximum atomic E-state index is 12.8. The summed E-state index contributed by atoms with van der Waals surface area (Å²) in [4.78, 5) is 4.19. The van der Waals surface area contributed by atoms with Gasteiger partial charge in [0.05, 0.1) is 6.61 Å². The van der Waals surface area contributed by atoms with Crippen molar-refractivity contribution in [2.75, 3.05) is 33.4 Å². The summed E-state index contributed by atoms with van der Waals surface area (Å²) in [6.45, 7) is 3.35. The van der Waals surface area contributed by atoms with E-state index >= 15 is 0 Å². The van der Waals surface area contributed by atoms with E-state index in [0.29, 0.717) is 5.92 Å².